The van der Waals surface area contributed by atoms with E-state index in [1.807, 2.05) is 17.7 Å². The molecule has 0 unspecified atom stereocenters. The summed E-state index contributed by atoms with van der Waals surface area (Å²) in [6.07, 6.45) is 1.84. The summed E-state index contributed by atoms with van der Waals surface area (Å²) in [6.45, 7) is 4.82. The Kier molecular flexibility index (Phi) is 5.01. The van der Waals surface area contributed by atoms with Crippen LogP contribution in [0.4, 0.5) is 10.1 Å². The highest BCUT2D eigenvalue weighted by Gasteiger charge is 2.15. The van der Waals surface area contributed by atoms with Gasteiger partial charge in [0.05, 0.1) is 12.3 Å². The molecule has 1 heterocycles. The molecular formula is C15H16BrFN2O2. The van der Waals surface area contributed by atoms with Crippen molar-refractivity contribution < 1.29 is 13.9 Å². The van der Waals surface area contributed by atoms with Crippen LogP contribution in [-0.2, 0) is 6.54 Å². The molecule has 112 valence electrons. The molecular weight excluding hydrogens is 339 g/mol. The van der Waals surface area contributed by atoms with Crippen LogP contribution in [0.15, 0.2) is 34.9 Å². The molecule has 0 aliphatic carbocycles. The van der Waals surface area contributed by atoms with Crippen LogP contribution in [-0.4, -0.2) is 17.1 Å². The van der Waals surface area contributed by atoms with Gasteiger partial charge in [-0.2, -0.15) is 0 Å². The highest BCUT2D eigenvalue weighted by molar-refractivity contribution is 9.10. The summed E-state index contributed by atoms with van der Waals surface area (Å²) in [5.74, 6) is -0.356. The first kappa shape index (κ1) is 15.6. The number of carbonyl (C=O) groups excluding carboxylic acids is 1. The number of nitrogens with one attached hydrogen (secondary N) is 1. The molecule has 0 bridgehead atoms. The second-order valence-electron chi connectivity index (χ2n) is 4.36. The van der Waals surface area contributed by atoms with Crippen LogP contribution < -0.4 is 10.1 Å². The third kappa shape index (κ3) is 3.64. The Bertz CT molecular complexity index is 655. The maximum atomic E-state index is 13.2. The standard InChI is InChI=1S/C15H16BrFN2O2/c1-3-19-9-10(16)7-13(19)15(20)18-12-6-5-11(17)8-14(12)21-4-2/h5-9H,3-4H2,1-2H3,(H,18,20). The van der Waals surface area contributed by atoms with E-state index in [2.05, 4.69) is 21.2 Å². The van der Waals surface area contributed by atoms with E-state index in [1.54, 1.807) is 13.0 Å². The number of anilines is 1. The van der Waals surface area contributed by atoms with Crippen LogP contribution in [0.3, 0.4) is 0 Å². The van der Waals surface area contributed by atoms with Crippen molar-refractivity contribution >= 4 is 27.5 Å². The van der Waals surface area contributed by atoms with E-state index in [4.69, 9.17) is 4.74 Å². The van der Waals surface area contributed by atoms with Crippen LogP contribution in [0.5, 0.6) is 5.75 Å². The Balaban J connectivity index is 2.26. The minimum absolute atomic E-state index is 0.268. The number of ether oxygens (including phenoxy) is 1. The van der Waals surface area contributed by atoms with Crippen molar-refractivity contribution in [3.8, 4) is 5.75 Å². The lowest BCUT2D eigenvalue weighted by Gasteiger charge is -2.12. The lowest BCUT2D eigenvalue weighted by Crippen LogP contribution is -2.17. The molecule has 0 atom stereocenters. The Morgan fingerprint density at radius 1 is 1.38 bits per heavy atom. The molecule has 0 spiro atoms. The van der Waals surface area contributed by atoms with Gasteiger partial charge in [-0.05, 0) is 48.0 Å². The van der Waals surface area contributed by atoms with E-state index in [-0.39, 0.29) is 5.91 Å². The fraction of sp³-hybridized carbons (Fsp3) is 0.267. The molecule has 1 N–H and O–H groups in total. The molecule has 0 aliphatic heterocycles. The summed E-state index contributed by atoms with van der Waals surface area (Å²) < 4.78 is 21.3. The summed E-state index contributed by atoms with van der Waals surface area (Å²) in [4.78, 5) is 12.3. The second-order valence-corrected chi connectivity index (χ2v) is 5.27. The molecule has 2 rings (SSSR count). The molecule has 1 aromatic heterocycles. The molecule has 0 fully saturated rings. The van der Waals surface area contributed by atoms with Gasteiger partial charge in [0.15, 0.2) is 0 Å². The summed E-state index contributed by atoms with van der Waals surface area (Å²) >= 11 is 3.35. The first-order valence-electron chi connectivity index (χ1n) is 6.64. The van der Waals surface area contributed by atoms with E-state index in [1.165, 1.54) is 18.2 Å². The largest absolute Gasteiger partial charge is 0.492 e. The molecule has 0 saturated carbocycles. The number of carbonyl (C=O) groups is 1. The predicted octanol–water partition coefficient (Wildman–Crippen LogP) is 4.06. The van der Waals surface area contributed by atoms with Gasteiger partial charge in [-0.1, -0.05) is 0 Å². The number of hydrogen-bond donors (Lipinski definition) is 1. The van der Waals surface area contributed by atoms with Crippen molar-refractivity contribution in [1.82, 2.24) is 4.57 Å². The van der Waals surface area contributed by atoms with Gasteiger partial charge >= 0.3 is 0 Å². The second kappa shape index (κ2) is 6.76. The molecule has 0 radical (unpaired) electrons. The van der Waals surface area contributed by atoms with Crippen molar-refractivity contribution in [2.24, 2.45) is 0 Å². The third-order valence-corrected chi connectivity index (χ3v) is 3.36. The monoisotopic (exact) mass is 354 g/mol. The van der Waals surface area contributed by atoms with Gasteiger partial charge in [-0.3, -0.25) is 4.79 Å². The molecule has 1 amide bonds. The van der Waals surface area contributed by atoms with Gasteiger partial charge < -0.3 is 14.6 Å². The Hall–Kier alpha value is -1.82. The quantitative estimate of drug-likeness (QED) is 0.879. The number of nitrogens with zero attached hydrogens (tertiary/aromatic N) is 1. The molecule has 4 nitrogen and oxygen atoms in total. The molecule has 0 saturated heterocycles. The average Bonchev–Trinajstić information content (AvgIpc) is 2.83. The van der Waals surface area contributed by atoms with E-state index in [9.17, 15) is 9.18 Å². The van der Waals surface area contributed by atoms with E-state index >= 15 is 0 Å². The van der Waals surface area contributed by atoms with Crippen LogP contribution in [0, 0.1) is 5.82 Å². The summed E-state index contributed by atoms with van der Waals surface area (Å²) in [6, 6.07) is 5.77. The number of aromatic nitrogens is 1. The molecule has 2 aromatic rings. The number of hydrogen-bond acceptors (Lipinski definition) is 2. The number of halogens is 2. The topological polar surface area (TPSA) is 43.3 Å². The Morgan fingerprint density at radius 3 is 2.81 bits per heavy atom. The molecule has 6 heteroatoms. The Morgan fingerprint density at radius 2 is 2.14 bits per heavy atom. The van der Waals surface area contributed by atoms with Crippen molar-refractivity contribution in [3.05, 3.63) is 46.4 Å². The van der Waals surface area contributed by atoms with Crippen molar-refractivity contribution in [2.45, 2.75) is 20.4 Å². The van der Waals surface area contributed by atoms with Gasteiger partial charge in [0, 0.05) is 23.3 Å². The highest BCUT2D eigenvalue weighted by Crippen LogP contribution is 2.26. The summed E-state index contributed by atoms with van der Waals surface area (Å²) in [5, 5.41) is 2.75. The number of benzene rings is 1. The fourth-order valence-corrected chi connectivity index (χ4v) is 2.45. The van der Waals surface area contributed by atoms with E-state index < -0.39 is 5.82 Å². The SMILES string of the molecule is CCOc1cc(F)ccc1NC(=O)c1cc(Br)cn1CC. The van der Waals surface area contributed by atoms with Gasteiger partial charge in [-0.25, -0.2) is 4.39 Å². The first-order chi connectivity index (χ1) is 10.0. The summed E-state index contributed by atoms with van der Waals surface area (Å²) in [5.41, 5.74) is 0.972. The van der Waals surface area contributed by atoms with Gasteiger partial charge in [-0.15, -0.1) is 0 Å². The predicted molar refractivity (Wildman–Crippen MR) is 83.3 cm³/mol. The smallest absolute Gasteiger partial charge is 0.272 e. The van der Waals surface area contributed by atoms with Gasteiger partial charge in [0.1, 0.15) is 17.3 Å². The van der Waals surface area contributed by atoms with Crippen molar-refractivity contribution in [1.29, 1.82) is 0 Å². The van der Waals surface area contributed by atoms with Gasteiger partial charge in [0.2, 0.25) is 0 Å². The van der Waals surface area contributed by atoms with Gasteiger partial charge in [0.25, 0.3) is 5.91 Å². The molecule has 0 aliphatic rings. The number of rotatable bonds is 5. The maximum Gasteiger partial charge on any atom is 0.272 e. The maximum absolute atomic E-state index is 13.2. The zero-order chi connectivity index (χ0) is 15.4. The van der Waals surface area contributed by atoms with Crippen molar-refractivity contribution in [2.75, 3.05) is 11.9 Å². The van der Waals surface area contributed by atoms with Crippen LogP contribution in [0.1, 0.15) is 24.3 Å². The number of aryl methyl sites for hydroxylation is 1. The minimum Gasteiger partial charge on any atom is -0.492 e. The number of amides is 1. The van der Waals surface area contributed by atoms with E-state index in [0.717, 1.165) is 4.47 Å². The first-order valence-corrected chi connectivity index (χ1v) is 7.43. The molecule has 21 heavy (non-hydrogen) atoms. The van der Waals surface area contributed by atoms with E-state index in [0.29, 0.717) is 30.3 Å². The highest BCUT2D eigenvalue weighted by atomic mass is 79.9. The van der Waals surface area contributed by atoms with Crippen LogP contribution >= 0.6 is 15.9 Å². The lowest BCUT2D eigenvalue weighted by atomic mass is 10.2. The normalized spacial score (nSPS) is 10.5. The zero-order valence-corrected chi connectivity index (χ0v) is 13.4. The minimum atomic E-state index is -0.406. The summed E-state index contributed by atoms with van der Waals surface area (Å²) in [7, 11) is 0. The Labute approximate surface area is 131 Å². The third-order valence-electron chi connectivity index (χ3n) is 2.93. The fourth-order valence-electron chi connectivity index (χ4n) is 1.99. The lowest BCUT2D eigenvalue weighted by molar-refractivity contribution is 0.101. The average molecular weight is 355 g/mol. The van der Waals surface area contributed by atoms with Crippen molar-refractivity contribution in [3.63, 3.8) is 0 Å². The van der Waals surface area contributed by atoms with Crippen LogP contribution in [0.25, 0.3) is 0 Å². The van der Waals surface area contributed by atoms with Crippen LogP contribution in [0.2, 0.25) is 0 Å². The zero-order valence-electron chi connectivity index (χ0n) is 11.8. The molecule has 1 aromatic carbocycles.